The third kappa shape index (κ3) is 2.80. The van der Waals surface area contributed by atoms with Crippen molar-refractivity contribution in [2.75, 3.05) is 11.9 Å². The van der Waals surface area contributed by atoms with Gasteiger partial charge in [-0.2, -0.15) is 0 Å². The standard InChI is InChI=1S/C20H19FN2O2/c21-16-7-3-4-8-17(16)22-18(24)20(10-11-20)19(25)23-12-9-14-5-1-2-6-15(14)13-23/h1-8H,9-13H2,(H,22,24). The number of hydrogen-bond acceptors (Lipinski definition) is 2. The van der Waals surface area contributed by atoms with Gasteiger partial charge in [0.25, 0.3) is 0 Å². The molecule has 0 atom stereocenters. The van der Waals surface area contributed by atoms with Crippen LogP contribution >= 0.6 is 0 Å². The first-order chi connectivity index (χ1) is 12.1. The van der Waals surface area contributed by atoms with E-state index in [0.29, 0.717) is 25.9 Å². The molecule has 1 saturated carbocycles. The molecule has 1 aliphatic heterocycles. The van der Waals surface area contributed by atoms with E-state index in [1.165, 1.54) is 17.7 Å². The summed E-state index contributed by atoms with van der Waals surface area (Å²) >= 11 is 0. The fourth-order valence-corrected chi connectivity index (χ4v) is 3.44. The molecule has 1 aliphatic carbocycles. The number of rotatable bonds is 3. The summed E-state index contributed by atoms with van der Waals surface area (Å²) in [5.74, 6) is -1.04. The van der Waals surface area contributed by atoms with Gasteiger partial charge in [0.15, 0.2) is 0 Å². The summed E-state index contributed by atoms with van der Waals surface area (Å²) in [5, 5.41) is 2.59. The van der Waals surface area contributed by atoms with E-state index in [4.69, 9.17) is 0 Å². The molecule has 2 aromatic rings. The Morgan fingerprint density at radius 2 is 1.68 bits per heavy atom. The van der Waals surface area contributed by atoms with Crippen LogP contribution < -0.4 is 5.32 Å². The van der Waals surface area contributed by atoms with E-state index in [9.17, 15) is 14.0 Å². The van der Waals surface area contributed by atoms with Crippen LogP contribution in [-0.2, 0) is 22.6 Å². The molecule has 25 heavy (non-hydrogen) atoms. The summed E-state index contributed by atoms with van der Waals surface area (Å²) in [6.07, 6.45) is 1.83. The number of halogens is 1. The van der Waals surface area contributed by atoms with Gasteiger partial charge in [-0.25, -0.2) is 4.39 Å². The number of carbonyl (C=O) groups excluding carboxylic acids is 2. The molecule has 0 bridgehead atoms. The molecule has 0 spiro atoms. The van der Waals surface area contributed by atoms with Gasteiger partial charge >= 0.3 is 0 Å². The van der Waals surface area contributed by atoms with Crippen molar-refractivity contribution in [1.82, 2.24) is 4.90 Å². The van der Waals surface area contributed by atoms with Crippen LogP contribution in [0.5, 0.6) is 0 Å². The summed E-state index contributed by atoms with van der Waals surface area (Å²) < 4.78 is 13.8. The van der Waals surface area contributed by atoms with E-state index < -0.39 is 17.1 Å². The lowest BCUT2D eigenvalue weighted by Crippen LogP contribution is -2.45. The number of fused-ring (bicyclic) bond motifs is 1. The normalized spacial score (nSPS) is 17.6. The van der Waals surface area contributed by atoms with E-state index in [0.717, 1.165) is 12.0 Å². The quantitative estimate of drug-likeness (QED) is 0.874. The highest BCUT2D eigenvalue weighted by Crippen LogP contribution is 2.48. The van der Waals surface area contributed by atoms with Gasteiger partial charge in [0, 0.05) is 13.1 Å². The van der Waals surface area contributed by atoms with Crippen molar-refractivity contribution >= 4 is 17.5 Å². The van der Waals surface area contributed by atoms with Crippen molar-refractivity contribution < 1.29 is 14.0 Å². The number of carbonyl (C=O) groups is 2. The highest BCUT2D eigenvalue weighted by Gasteiger charge is 2.58. The van der Waals surface area contributed by atoms with Crippen molar-refractivity contribution in [2.24, 2.45) is 5.41 Å². The van der Waals surface area contributed by atoms with Gasteiger partial charge in [-0.05, 0) is 42.5 Å². The predicted octanol–water partition coefficient (Wildman–Crippen LogP) is 3.13. The van der Waals surface area contributed by atoms with Crippen molar-refractivity contribution in [3.05, 3.63) is 65.5 Å². The Labute approximate surface area is 145 Å². The molecule has 2 aliphatic rings. The van der Waals surface area contributed by atoms with Crippen LogP contribution in [0.3, 0.4) is 0 Å². The van der Waals surface area contributed by atoms with Gasteiger partial charge in [-0.3, -0.25) is 9.59 Å². The van der Waals surface area contributed by atoms with Crippen molar-refractivity contribution in [3.8, 4) is 0 Å². The third-order valence-corrected chi connectivity index (χ3v) is 5.13. The molecule has 1 N–H and O–H groups in total. The molecule has 2 aromatic carbocycles. The van der Waals surface area contributed by atoms with Crippen LogP contribution in [0.1, 0.15) is 24.0 Å². The Bertz CT molecular complexity index is 845. The number of anilines is 1. The maximum Gasteiger partial charge on any atom is 0.240 e. The summed E-state index contributed by atoms with van der Waals surface area (Å²) in [4.78, 5) is 27.4. The molecule has 0 aromatic heterocycles. The van der Waals surface area contributed by atoms with Gasteiger partial charge in [0.2, 0.25) is 11.8 Å². The molecule has 5 heteroatoms. The Hall–Kier alpha value is -2.69. The number of nitrogens with zero attached hydrogens (tertiary/aromatic N) is 1. The predicted molar refractivity (Wildman–Crippen MR) is 92.3 cm³/mol. The Balaban J connectivity index is 1.50. The number of benzene rings is 2. The second-order valence-electron chi connectivity index (χ2n) is 6.76. The van der Waals surface area contributed by atoms with Gasteiger partial charge in [-0.1, -0.05) is 36.4 Å². The number of para-hydroxylation sites is 1. The van der Waals surface area contributed by atoms with Crippen molar-refractivity contribution in [3.63, 3.8) is 0 Å². The second-order valence-corrected chi connectivity index (χ2v) is 6.76. The lowest BCUT2D eigenvalue weighted by molar-refractivity contribution is -0.143. The molecule has 1 heterocycles. The summed E-state index contributed by atoms with van der Waals surface area (Å²) in [7, 11) is 0. The monoisotopic (exact) mass is 338 g/mol. The van der Waals surface area contributed by atoms with Crippen LogP contribution in [0.15, 0.2) is 48.5 Å². The van der Waals surface area contributed by atoms with Crippen LogP contribution in [0.4, 0.5) is 10.1 Å². The summed E-state index contributed by atoms with van der Waals surface area (Å²) in [6, 6.07) is 14.1. The smallest absolute Gasteiger partial charge is 0.240 e. The fraction of sp³-hybridized carbons (Fsp3) is 0.300. The third-order valence-electron chi connectivity index (χ3n) is 5.13. The van der Waals surface area contributed by atoms with E-state index in [-0.39, 0.29) is 11.6 Å². The first kappa shape index (κ1) is 15.8. The van der Waals surface area contributed by atoms with Gasteiger partial charge in [0.1, 0.15) is 11.2 Å². The molecule has 0 radical (unpaired) electrons. The fourth-order valence-electron chi connectivity index (χ4n) is 3.44. The van der Waals surface area contributed by atoms with Gasteiger partial charge < -0.3 is 10.2 Å². The minimum absolute atomic E-state index is 0.121. The Kier molecular flexibility index (Phi) is 3.79. The lowest BCUT2D eigenvalue weighted by Gasteiger charge is -2.31. The minimum Gasteiger partial charge on any atom is -0.337 e. The van der Waals surface area contributed by atoms with E-state index in [1.807, 2.05) is 18.2 Å². The largest absolute Gasteiger partial charge is 0.337 e. The molecule has 2 amide bonds. The zero-order valence-corrected chi connectivity index (χ0v) is 13.8. The first-order valence-electron chi connectivity index (χ1n) is 8.52. The summed E-state index contributed by atoms with van der Waals surface area (Å²) in [6.45, 7) is 1.15. The molecule has 1 fully saturated rings. The zero-order chi connectivity index (χ0) is 17.4. The SMILES string of the molecule is O=C(Nc1ccccc1F)C1(C(=O)N2CCc3ccccc3C2)CC1. The molecule has 128 valence electrons. The minimum atomic E-state index is -1.03. The number of nitrogens with one attached hydrogen (secondary N) is 1. The van der Waals surface area contributed by atoms with Crippen LogP contribution in [-0.4, -0.2) is 23.3 Å². The highest BCUT2D eigenvalue weighted by atomic mass is 19.1. The van der Waals surface area contributed by atoms with Crippen LogP contribution in [0, 0.1) is 11.2 Å². The van der Waals surface area contributed by atoms with E-state index in [1.54, 1.807) is 17.0 Å². The van der Waals surface area contributed by atoms with Crippen LogP contribution in [0.2, 0.25) is 0 Å². The number of hydrogen-bond donors (Lipinski definition) is 1. The number of amides is 2. The average molecular weight is 338 g/mol. The average Bonchev–Trinajstić information content (AvgIpc) is 3.44. The molecule has 4 nitrogen and oxygen atoms in total. The van der Waals surface area contributed by atoms with Crippen molar-refractivity contribution in [2.45, 2.75) is 25.8 Å². The molecular weight excluding hydrogens is 319 g/mol. The first-order valence-corrected chi connectivity index (χ1v) is 8.52. The highest BCUT2D eigenvalue weighted by molar-refractivity contribution is 6.13. The molecule has 0 saturated heterocycles. The maximum atomic E-state index is 13.8. The van der Waals surface area contributed by atoms with Gasteiger partial charge in [0.05, 0.1) is 5.69 Å². The van der Waals surface area contributed by atoms with Gasteiger partial charge in [-0.15, -0.1) is 0 Å². The topological polar surface area (TPSA) is 49.4 Å². The molecule has 4 rings (SSSR count). The molecular formula is C20H19FN2O2. The summed E-state index contributed by atoms with van der Waals surface area (Å²) in [5.41, 5.74) is 1.48. The maximum absolute atomic E-state index is 13.8. The van der Waals surface area contributed by atoms with E-state index in [2.05, 4.69) is 11.4 Å². The second kappa shape index (κ2) is 5.99. The van der Waals surface area contributed by atoms with E-state index >= 15 is 0 Å². The zero-order valence-electron chi connectivity index (χ0n) is 13.8. The molecule has 0 unspecified atom stereocenters. The Morgan fingerprint density at radius 3 is 2.40 bits per heavy atom. The lowest BCUT2D eigenvalue weighted by atomic mass is 9.97. The van der Waals surface area contributed by atoms with Crippen molar-refractivity contribution in [1.29, 1.82) is 0 Å². The Morgan fingerprint density at radius 1 is 1.00 bits per heavy atom. The van der Waals surface area contributed by atoms with Crippen LogP contribution in [0.25, 0.3) is 0 Å².